The van der Waals surface area contributed by atoms with E-state index < -0.39 is 6.03 Å². The van der Waals surface area contributed by atoms with Crippen molar-refractivity contribution in [3.63, 3.8) is 0 Å². The third-order valence-electron chi connectivity index (χ3n) is 3.97. The number of urea groups is 1. The standard InChI is InChI=1S/C17H22N6O2/c18-9-13-11-23(12-13)7-8-25-15-4-2-1-3-14(15)21-17(24)22-16-10-19-5-6-20-16/h1-6,10,13H,7-9,11-12,18H2,(H2,20,21,22,24). The zero-order chi connectivity index (χ0) is 17.5. The summed E-state index contributed by atoms with van der Waals surface area (Å²) in [5, 5.41) is 5.39. The summed E-state index contributed by atoms with van der Waals surface area (Å²) in [7, 11) is 0. The predicted molar refractivity (Wildman–Crippen MR) is 95.6 cm³/mol. The van der Waals surface area contributed by atoms with Crippen LogP contribution in [0.3, 0.4) is 0 Å². The van der Waals surface area contributed by atoms with E-state index in [0.717, 1.165) is 26.2 Å². The zero-order valence-corrected chi connectivity index (χ0v) is 13.9. The number of nitrogens with one attached hydrogen (secondary N) is 2. The van der Waals surface area contributed by atoms with E-state index in [1.165, 1.54) is 12.4 Å². The van der Waals surface area contributed by atoms with Crippen molar-refractivity contribution >= 4 is 17.5 Å². The Morgan fingerprint density at radius 1 is 1.28 bits per heavy atom. The maximum atomic E-state index is 12.1. The summed E-state index contributed by atoms with van der Waals surface area (Å²) >= 11 is 0. The van der Waals surface area contributed by atoms with E-state index in [1.54, 1.807) is 12.3 Å². The van der Waals surface area contributed by atoms with E-state index >= 15 is 0 Å². The van der Waals surface area contributed by atoms with Crippen LogP contribution in [0.25, 0.3) is 0 Å². The molecule has 132 valence electrons. The number of carbonyl (C=O) groups is 1. The highest BCUT2D eigenvalue weighted by Gasteiger charge is 2.24. The van der Waals surface area contributed by atoms with Crippen molar-refractivity contribution in [3.8, 4) is 5.75 Å². The largest absolute Gasteiger partial charge is 0.490 e. The summed E-state index contributed by atoms with van der Waals surface area (Å²) in [6.45, 7) is 4.20. The van der Waals surface area contributed by atoms with E-state index in [4.69, 9.17) is 10.5 Å². The number of nitrogens with two attached hydrogens (primary N) is 1. The molecule has 0 bridgehead atoms. The second kappa shape index (κ2) is 8.41. The molecular weight excluding hydrogens is 320 g/mol. The van der Waals surface area contributed by atoms with Gasteiger partial charge in [-0.15, -0.1) is 0 Å². The Morgan fingerprint density at radius 2 is 2.12 bits per heavy atom. The van der Waals surface area contributed by atoms with Gasteiger partial charge in [-0.3, -0.25) is 15.2 Å². The van der Waals surface area contributed by atoms with Crippen molar-refractivity contribution in [3.05, 3.63) is 42.9 Å². The minimum atomic E-state index is -0.398. The molecule has 1 aromatic heterocycles. The summed E-state index contributed by atoms with van der Waals surface area (Å²) in [6, 6.07) is 6.93. The van der Waals surface area contributed by atoms with Gasteiger partial charge in [0.25, 0.3) is 0 Å². The average molecular weight is 342 g/mol. The van der Waals surface area contributed by atoms with Gasteiger partial charge in [-0.2, -0.15) is 0 Å². The molecule has 4 N–H and O–H groups in total. The first kappa shape index (κ1) is 17.1. The quantitative estimate of drug-likeness (QED) is 0.702. The number of likely N-dealkylation sites (tertiary alicyclic amines) is 1. The molecule has 0 unspecified atom stereocenters. The van der Waals surface area contributed by atoms with Crippen LogP contribution in [0.4, 0.5) is 16.3 Å². The lowest BCUT2D eigenvalue weighted by Crippen LogP contribution is -2.50. The number of para-hydroxylation sites is 2. The second-order valence-electron chi connectivity index (χ2n) is 5.88. The number of nitrogens with zero attached hydrogens (tertiary/aromatic N) is 3. The highest BCUT2D eigenvalue weighted by molar-refractivity contribution is 5.99. The molecule has 1 aliphatic heterocycles. The molecule has 0 radical (unpaired) electrons. The number of aromatic nitrogens is 2. The first-order chi connectivity index (χ1) is 12.2. The molecule has 1 saturated heterocycles. The minimum absolute atomic E-state index is 0.380. The smallest absolute Gasteiger partial charge is 0.324 e. The number of carbonyl (C=O) groups excluding carboxylic acids is 1. The number of hydrogen-bond acceptors (Lipinski definition) is 6. The van der Waals surface area contributed by atoms with E-state index in [2.05, 4.69) is 25.5 Å². The topological polar surface area (TPSA) is 105 Å². The Balaban J connectivity index is 1.49. The molecule has 8 nitrogen and oxygen atoms in total. The summed E-state index contributed by atoms with van der Waals surface area (Å²) in [6.07, 6.45) is 4.53. The van der Waals surface area contributed by atoms with Gasteiger partial charge in [-0.1, -0.05) is 12.1 Å². The summed E-state index contributed by atoms with van der Waals surface area (Å²) in [5.41, 5.74) is 6.23. The highest BCUT2D eigenvalue weighted by atomic mass is 16.5. The fourth-order valence-electron chi connectivity index (χ4n) is 2.62. The lowest BCUT2D eigenvalue weighted by molar-refractivity contribution is 0.0876. The summed E-state index contributed by atoms with van der Waals surface area (Å²) in [4.78, 5) is 22.3. The highest BCUT2D eigenvalue weighted by Crippen LogP contribution is 2.24. The SMILES string of the molecule is NCC1CN(CCOc2ccccc2NC(=O)Nc2cnccn2)C1. The van der Waals surface area contributed by atoms with E-state index in [1.807, 2.05) is 18.2 Å². The molecule has 2 aromatic rings. The van der Waals surface area contributed by atoms with Crippen molar-refractivity contribution in [1.82, 2.24) is 14.9 Å². The molecule has 0 aliphatic carbocycles. The van der Waals surface area contributed by atoms with Gasteiger partial charge in [0.15, 0.2) is 5.82 Å². The first-order valence-electron chi connectivity index (χ1n) is 8.23. The van der Waals surface area contributed by atoms with Gasteiger partial charge in [0, 0.05) is 32.0 Å². The van der Waals surface area contributed by atoms with Gasteiger partial charge in [-0.25, -0.2) is 9.78 Å². The van der Waals surface area contributed by atoms with Crippen LogP contribution >= 0.6 is 0 Å². The predicted octanol–water partition coefficient (Wildman–Crippen LogP) is 1.39. The van der Waals surface area contributed by atoms with Crippen molar-refractivity contribution in [1.29, 1.82) is 0 Å². The molecule has 8 heteroatoms. The van der Waals surface area contributed by atoms with Crippen LogP contribution < -0.4 is 21.1 Å². The molecule has 0 saturated carbocycles. The third kappa shape index (κ3) is 4.88. The van der Waals surface area contributed by atoms with Gasteiger partial charge in [-0.05, 0) is 24.6 Å². The first-order valence-corrected chi connectivity index (χ1v) is 8.23. The summed E-state index contributed by atoms with van der Waals surface area (Å²) < 4.78 is 5.82. The third-order valence-corrected chi connectivity index (χ3v) is 3.97. The van der Waals surface area contributed by atoms with Gasteiger partial charge in [0.2, 0.25) is 0 Å². The Hall–Kier alpha value is -2.71. The Morgan fingerprint density at radius 3 is 2.88 bits per heavy atom. The number of anilines is 2. The van der Waals surface area contributed by atoms with Crippen LogP contribution in [-0.4, -0.2) is 53.7 Å². The lowest BCUT2D eigenvalue weighted by Gasteiger charge is -2.38. The van der Waals surface area contributed by atoms with Gasteiger partial charge >= 0.3 is 6.03 Å². The maximum Gasteiger partial charge on any atom is 0.324 e. The fraction of sp³-hybridized carbons (Fsp3) is 0.353. The normalized spacial score (nSPS) is 14.6. The molecular formula is C17H22N6O2. The van der Waals surface area contributed by atoms with Crippen LogP contribution in [0, 0.1) is 5.92 Å². The number of benzene rings is 1. The molecule has 0 atom stereocenters. The van der Waals surface area contributed by atoms with Gasteiger partial charge in [0.1, 0.15) is 12.4 Å². The van der Waals surface area contributed by atoms with Crippen LogP contribution in [-0.2, 0) is 0 Å². The molecule has 1 aliphatic rings. The monoisotopic (exact) mass is 342 g/mol. The van der Waals surface area contributed by atoms with Crippen molar-refractivity contribution in [2.75, 3.05) is 43.4 Å². The van der Waals surface area contributed by atoms with Crippen LogP contribution in [0.5, 0.6) is 5.75 Å². The fourth-order valence-corrected chi connectivity index (χ4v) is 2.62. The number of amides is 2. The van der Waals surface area contributed by atoms with Crippen molar-refractivity contribution in [2.45, 2.75) is 0 Å². The van der Waals surface area contributed by atoms with E-state index in [-0.39, 0.29) is 0 Å². The molecule has 1 aromatic carbocycles. The van der Waals surface area contributed by atoms with Gasteiger partial charge in [0.05, 0.1) is 11.9 Å². The molecule has 3 rings (SSSR count). The minimum Gasteiger partial charge on any atom is -0.490 e. The Bertz CT molecular complexity index is 691. The number of hydrogen-bond donors (Lipinski definition) is 3. The number of ether oxygens (including phenoxy) is 1. The van der Waals surface area contributed by atoms with E-state index in [0.29, 0.717) is 29.8 Å². The van der Waals surface area contributed by atoms with Gasteiger partial charge < -0.3 is 15.8 Å². The van der Waals surface area contributed by atoms with Crippen molar-refractivity contribution in [2.24, 2.45) is 11.7 Å². The second-order valence-corrected chi connectivity index (χ2v) is 5.88. The van der Waals surface area contributed by atoms with Crippen LogP contribution in [0.1, 0.15) is 0 Å². The maximum absolute atomic E-state index is 12.1. The zero-order valence-electron chi connectivity index (χ0n) is 13.9. The summed E-state index contributed by atoms with van der Waals surface area (Å²) in [5.74, 6) is 1.62. The molecule has 25 heavy (non-hydrogen) atoms. The lowest BCUT2D eigenvalue weighted by atomic mass is 10.0. The van der Waals surface area contributed by atoms with E-state index in [9.17, 15) is 4.79 Å². The Labute approximate surface area is 146 Å². The molecule has 0 spiro atoms. The van der Waals surface area contributed by atoms with Crippen LogP contribution in [0.15, 0.2) is 42.9 Å². The molecule has 2 amide bonds. The van der Waals surface area contributed by atoms with Crippen molar-refractivity contribution < 1.29 is 9.53 Å². The number of rotatable bonds is 7. The average Bonchev–Trinajstić information content (AvgIpc) is 2.59. The molecule has 2 heterocycles. The van der Waals surface area contributed by atoms with Crippen LogP contribution in [0.2, 0.25) is 0 Å². The Kier molecular flexibility index (Phi) is 5.76. The molecule has 1 fully saturated rings.